The van der Waals surface area contributed by atoms with Crippen LogP contribution in [0, 0.1) is 5.92 Å². The number of nitrogens with two attached hydrogens (primary N) is 1. The first-order valence-electron chi connectivity index (χ1n) is 5.13. The Morgan fingerprint density at radius 2 is 2.17 bits per heavy atom. The number of rotatable bonds is 4. The number of unbranched alkanes of at least 4 members (excludes halogenated alkanes) is 1. The molecule has 0 aromatic rings. The molecule has 3 atom stereocenters. The van der Waals surface area contributed by atoms with Crippen molar-refractivity contribution < 1.29 is 0 Å². The van der Waals surface area contributed by atoms with Gasteiger partial charge in [-0.25, -0.2) is 0 Å². The van der Waals surface area contributed by atoms with E-state index in [0.29, 0.717) is 6.04 Å². The van der Waals surface area contributed by atoms with E-state index in [1.54, 1.807) is 0 Å². The van der Waals surface area contributed by atoms with Crippen LogP contribution in [0.5, 0.6) is 0 Å². The van der Waals surface area contributed by atoms with Gasteiger partial charge in [-0.15, -0.1) is 0 Å². The number of hydrogen-bond acceptors (Lipinski definition) is 2. The molecule has 1 rings (SSSR count). The topological polar surface area (TPSA) is 26.0 Å². The standard InChI is InChI=1S/C10H21NS/c1-3-4-7-12-10-6-5-9(11)8(10)2/h8-10H,3-7,11H2,1-2H3. The minimum absolute atomic E-state index is 0.476. The lowest BCUT2D eigenvalue weighted by molar-refractivity contribution is 0.535. The normalized spacial score (nSPS) is 35.8. The Hall–Kier alpha value is 0.310. The van der Waals surface area contributed by atoms with Crippen LogP contribution in [0.2, 0.25) is 0 Å². The van der Waals surface area contributed by atoms with Crippen LogP contribution < -0.4 is 5.73 Å². The molecule has 0 aromatic heterocycles. The van der Waals surface area contributed by atoms with Crippen LogP contribution in [0.15, 0.2) is 0 Å². The Bertz CT molecular complexity index is 127. The maximum atomic E-state index is 5.96. The Balaban J connectivity index is 2.16. The number of hydrogen-bond donors (Lipinski definition) is 1. The van der Waals surface area contributed by atoms with Crippen molar-refractivity contribution in [2.45, 2.75) is 50.8 Å². The first-order valence-corrected chi connectivity index (χ1v) is 6.17. The Morgan fingerprint density at radius 3 is 2.67 bits per heavy atom. The second kappa shape index (κ2) is 5.13. The van der Waals surface area contributed by atoms with Crippen LogP contribution in [-0.4, -0.2) is 17.0 Å². The summed E-state index contributed by atoms with van der Waals surface area (Å²) in [6, 6.07) is 0.476. The van der Waals surface area contributed by atoms with Gasteiger partial charge in [-0.2, -0.15) is 11.8 Å². The third kappa shape index (κ3) is 2.67. The summed E-state index contributed by atoms with van der Waals surface area (Å²) in [5.74, 6) is 2.07. The Labute approximate surface area is 80.5 Å². The molecule has 1 fully saturated rings. The molecule has 0 bridgehead atoms. The first kappa shape index (κ1) is 10.4. The fourth-order valence-corrected chi connectivity index (χ4v) is 3.34. The minimum atomic E-state index is 0.476. The summed E-state index contributed by atoms with van der Waals surface area (Å²) < 4.78 is 0. The molecule has 1 aliphatic carbocycles. The van der Waals surface area contributed by atoms with Crippen molar-refractivity contribution in [3.63, 3.8) is 0 Å². The van der Waals surface area contributed by atoms with Gasteiger partial charge in [0.05, 0.1) is 0 Å². The highest BCUT2D eigenvalue weighted by molar-refractivity contribution is 7.99. The molecular formula is C10H21NS. The van der Waals surface area contributed by atoms with Gasteiger partial charge in [0.25, 0.3) is 0 Å². The average Bonchev–Trinajstić information content (AvgIpc) is 2.36. The van der Waals surface area contributed by atoms with E-state index in [1.807, 2.05) is 0 Å². The zero-order valence-electron chi connectivity index (χ0n) is 8.25. The van der Waals surface area contributed by atoms with Gasteiger partial charge in [0.15, 0.2) is 0 Å². The van der Waals surface area contributed by atoms with E-state index in [-0.39, 0.29) is 0 Å². The molecule has 1 nitrogen and oxygen atoms in total. The Morgan fingerprint density at radius 1 is 1.42 bits per heavy atom. The molecule has 0 aliphatic heterocycles. The summed E-state index contributed by atoms with van der Waals surface area (Å²) in [7, 11) is 0. The zero-order chi connectivity index (χ0) is 8.97. The molecule has 3 unspecified atom stereocenters. The van der Waals surface area contributed by atoms with Crippen LogP contribution in [-0.2, 0) is 0 Å². The lowest BCUT2D eigenvalue weighted by Gasteiger charge is -2.17. The first-order chi connectivity index (χ1) is 5.75. The maximum absolute atomic E-state index is 5.96. The molecular weight excluding hydrogens is 166 g/mol. The van der Waals surface area contributed by atoms with E-state index in [0.717, 1.165) is 11.2 Å². The molecule has 2 heteroatoms. The largest absolute Gasteiger partial charge is 0.327 e. The summed E-state index contributed by atoms with van der Waals surface area (Å²) in [6.45, 7) is 4.56. The lowest BCUT2D eigenvalue weighted by Crippen LogP contribution is -2.26. The third-order valence-electron chi connectivity index (χ3n) is 2.88. The molecule has 0 heterocycles. The predicted octanol–water partition coefficient (Wildman–Crippen LogP) is 2.65. The van der Waals surface area contributed by atoms with Gasteiger partial charge in [-0.1, -0.05) is 20.3 Å². The van der Waals surface area contributed by atoms with E-state index in [1.165, 1.54) is 31.4 Å². The monoisotopic (exact) mass is 187 g/mol. The van der Waals surface area contributed by atoms with Crippen LogP contribution in [0.1, 0.15) is 39.5 Å². The van der Waals surface area contributed by atoms with Crippen molar-refractivity contribution in [3.8, 4) is 0 Å². The van der Waals surface area contributed by atoms with Crippen LogP contribution in [0.3, 0.4) is 0 Å². The molecule has 12 heavy (non-hydrogen) atoms. The molecule has 0 saturated heterocycles. The smallest absolute Gasteiger partial charge is 0.00880 e. The van der Waals surface area contributed by atoms with Crippen molar-refractivity contribution in [3.05, 3.63) is 0 Å². The molecule has 72 valence electrons. The zero-order valence-corrected chi connectivity index (χ0v) is 9.07. The summed E-state index contributed by atoms with van der Waals surface area (Å²) in [6.07, 6.45) is 5.27. The SMILES string of the molecule is CCCCSC1CCC(N)C1C. The molecule has 1 saturated carbocycles. The van der Waals surface area contributed by atoms with Gasteiger partial charge < -0.3 is 5.73 Å². The van der Waals surface area contributed by atoms with Gasteiger partial charge >= 0.3 is 0 Å². The Kier molecular flexibility index (Phi) is 4.44. The highest BCUT2D eigenvalue weighted by Crippen LogP contribution is 2.34. The van der Waals surface area contributed by atoms with Crippen LogP contribution >= 0.6 is 11.8 Å². The van der Waals surface area contributed by atoms with Crippen molar-refractivity contribution in [1.29, 1.82) is 0 Å². The average molecular weight is 187 g/mol. The quantitative estimate of drug-likeness (QED) is 0.685. The van der Waals surface area contributed by atoms with E-state index in [2.05, 4.69) is 25.6 Å². The van der Waals surface area contributed by atoms with Crippen LogP contribution in [0.4, 0.5) is 0 Å². The molecule has 1 aliphatic rings. The summed E-state index contributed by atoms with van der Waals surface area (Å²) in [5, 5.41) is 0.853. The fourth-order valence-electron chi connectivity index (χ4n) is 1.77. The molecule has 0 radical (unpaired) electrons. The van der Waals surface area contributed by atoms with E-state index >= 15 is 0 Å². The minimum Gasteiger partial charge on any atom is -0.327 e. The molecule has 0 amide bonds. The summed E-state index contributed by atoms with van der Waals surface area (Å²) in [5.41, 5.74) is 5.96. The highest BCUT2D eigenvalue weighted by atomic mass is 32.2. The van der Waals surface area contributed by atoms with Gasteiger partial charge in [0.2, 0.25) is 0 Å². The predicted molar refractivity (Wildman–Crippen MR) is 57.5 cm³/mol. The third-order valence-corrected chi connectivity index (χ3v) is 4.49. The highest BCUT2D eigenvalue weighted by Gasteiger charge is 2.29. The fraction of sp³-hybridized carbons (Fsp3) is 1.00. The molecule has 2 N–H and O–H groups in total. The molecule has 0 aromatic carbocycles. The van der Waals surface area contributed by atoms with Crippen molar-refractivity contribution in [2.24, 2.45) is 11.7 Å². The van der Waals surface area contributed by atoms with E-state index < -0.39 is 0 Å². The maximum Gasteiger partial charge on any atom is 0.00880 e. The van der Waals surface area contributed by atoms with Crippen LogP contribution in [0.25, 0.3) is 0 Å². The second-order valence-electron chi connectivity index (χ2n) is 3.86. The van der Waals surface area contributed by atoms with Gasteiger partial charge in [0.1, 0.15) is 0 Å². The van der Waals surface area contributed by atoms with Gasteiger partial charge in [-0.05, 0) is 30.9 Å². The van der Waals surface area contributed by atoms with Gasteiger partial charge in [-0.3, -0.25) is 0 Å². The van der Waals surface area contributed by atoms with E-state index in [9.17, 15) is 0 Å². The summed E-state index contributed by atoms with van der Waals surface area (Å²) in [4.78, 5) is 0. The second-order valence-corrected chi connectivity index (χ2v) is 5.21. The van der Waals surface area contributed by atoms with Crippen molar-refractivity contribution in [2.75, 3.05) is 5.75 Å². The van der Waals surface area contributed by atoms with Crippen molar-refractivity contribution in [1.82, 2.24) is 0 Å². The number of thioether (sulfide) groups is 1. The molecule has 0 spiro atoms. The van der Waals surface area contributed by atoms with Crippen molar-refractivity contribution >= 4 is 11.8 Å². The van der Waals surface area contributed by atoms with E-state index in [4.69, 9.17) is 5.73 Å². The summed E-state index contributed by atoms with van der Waals surface area (Å²) >= 11 is 2.14. The van der Waals surface area contributed by atoms with Gasteiger partial charge in [0, 0.05) is 11.3 Å². The lowest BCUT2D eigenvalue weighted by atomic mass is 10.1.